The Morgan fingerprint density at radius 2 is 1.94 bits per heavy atom. The van der Waals surface area contributed by atoms with Crippen LogP contribution in [0.3, 0.4) is 0 Å². The van der Waals surface area contributed by atoms with E-state index in [9.17, 15) is 13.6 Å². The van der Waals surface area contributed by atoms with Crippen LogP contribution in [0.2, 0.25) is 0 Å². The molecule has 10 heteroatoms. The molecule has 1 saturated carbocycles. The van der Waals surface area contributed by atoms with Crippen LogP contribution >= 0.6 is 0 Å². The Bertz CT molecular complexity index is 1120. The van der Waals surface area contributed by atoms with Crippen LogP contribution in [0, 0.1) is 12.8 Å². The predicted molar refractivity (Wildman–Crippen MR) is 110 cm³/mol. The molecule has 2 bridgehead atoms. The average Bonchev–Trinajstić information content (AvgIpc) is 3.51. The van der Waals surface area contributed by atoms with Gasteiger partial charge in [-0.3, -0.25) is 4.79 Å². The third-order valence-electron chi connectivity index (χ3n) is 6.35. The van der Waals surface area contributed by atoms with Gasteiger partial charge in [0.2, 0.25) is 5.88 Å². The second kappa shape index (κ2) is 7.92. The fourth-order valence-electron chi connectivity index (χ4n) is 4.77. The third kappa shape index (κ3) is 3.49. The SMILES string of the molecule is Cc1ccc(-n2nccn2)c(C(=O)N2C(C)C3CC(Oc4ccc(C(F)F)cn4)C2C3)n1. The molecule has 4 unspecified atom stereocenters. The molecule has 1 aliphatic heterocycles. The van der Waals surface area contributed by atoms with Crippen molar-refractivity contribution in [3.8, 4) is 11.6 Å². The normalized spacial score (nSPS) is 24.3. The Hall–Kier alpha value is -3.43. The number of hydrogen-bond acceptors (Lipinski definition) is 6. The van der Waals surface area contributed by atoms with Gasteiger partial charge in [-0.1, -0.05) is 0 Å². The average molecular weight is 440 g/mol. The highest BCUT2D eigenvalue weighted by atomic mass is 19.3. The number of aryl methyl sites for hydroxylation is 1. The van der Waals surface area contributed by atoms with Gasteiger partial charge >= 0.3 is 0 Å². The smallest absolute Gasteiger partial charge is 0.275 e. The number of ether oxygens (including phenoxy) is 1. The summed E-state index contributed by atoms with van der Waals surface area (Å²) >= 11 is 0. The van der Waals surface area contributed by atoms with Gasteiger partial charge in [-0.25, -0.2) is 18.7 Å². The molecule has 3 aromatic heterocycles. The van der Waals surface area contributed by atoms with Crippen molar-refractivity contribution in [3.05, 3.63) is 59.8 Å². The van der Waals surface area contributed by atoms with E-state index in [0.29, 0.717) is 11.4 Å². The van der Waals surface area contributed by atoms with E-state index in [0.717, 1.165) is 24.7 Å². The van der Waals surface area contributed by atoms with E-state index in [-0.39, 0.29) is 41.5 Å². The molecular weight excluding hydrogens is 418 g/mol. The van der Waals surface area contributed by atoms with Crippen molar-refractivity contribution in [2.45, 2.75) is 51.3 Å². The summed E-state index contributed by atoms with van der Waals surface area (Å²) in [4.78, 5) is 25.4. The molecule has 166 valence electrons. The number of halogens is 2. The van der Waals surface area contributed by atoms with Gasteiger partial charge in [-0.05, 0) is 50.8 Å². The zero-order valence-corrected chi connectivity index (χ0v) is 17.6. The minimum absolute atomic E-state index is 0.0299. The van der Waals surface area contributed by atoms with Gasteiger partial charge in [0.15, 0.2) is 5.69 Å². The lowest BCUT2D eigenvalue weighted by Gasteiger charge is -2.37. The van der Waals surface area contributed by atoms with E-state index >= 15 is 0 Å². The molecule has 8 nitrogen and oxygen atoms in total. The number of alkyl halides is 2. The maximum absolute atomic E-state index is 13.7. The van der Waals surface area contributed by atoms with Crippen LogP contribution in [0.25, 0.3) is 5.69 Å². The molecule has 2 aliphatic rings. The van der Waals surface area contributed by atoms with Crippen molar-refractivity contribution < 1.29 is 18.3 Å². The number of fused-ring (bicyclic) bond motifs is 2. The predicted octanol–water partition coefficient (Wildman–Crippen LogP) is 3.37. The number of amides is 1. The summed E-state index contributed by atoms with van der Waals surface area (Å²) < 4.78 is 31.6. The highest BCUT2D eigenvalue weighted by Crippen LogP contribution is 2.44. The van der Waals surface area contributed by atoms with E-state index in [1.54, 1.807) is 18.5 Å². The van der Waals surface area contributed by atoms with Gasteiger partial charge in [0.1, 0.15) is 11.8 Å². The molecule has 4 heterocycles. The summed E-state index contributed by atoms with van der Waals surface area (Å²) in [5.74, 6) is 0.364. The molecule has 32 heavy (non-hydrogen) atoms. The minimum Gasteiger partial charge on any atom is -0.472 e. The highest BCUT2D eigenvalue weighted by Gasteiger charge is 2.53. The van der Waals surface area contributed by atoms with Crippen molar-refractivity contribution in [2.24, 2.45) is 5.92 Å². The molecular formula is C22H22F2N6O2. The Balaban J connectivity index is 1.41. The molecule has 3 aromatic rings. The Kier molecular flexibility index (Phi) is 5.07. The first kappa shape index (κ1) is 20.5. The van der Waals surface area contributed by atoms with Crippen molar-refractivity contribution in [1.82, 2.24) is 29.9 Å². The number of nitrogens with zero attached hydrogens (tertiary/aromatic N) is 6. The van der Waals surface area contributed by atoms with E-state index in [2.05, 4.69) is 20.2 Å². The Morgan fingerprint density at radius 1 is 1.16 bits per heavy atom. The number of hydrogen-bond donors (Lipinski definition) is 0. The van der Waals surface area contributed by atoms with Gasteiger partial charge in [0.05, 0.1) is 18.4 Å². The topological polar surface area (TPSA) is 86.0 Å². The summed E-state index contributed by atoms with van der Waals surface area (Å²) in [7, 11) is 0. The Morgan fingerprint density at radius 3 is 2.59 bits per heavy atom. The number of pyridine rings is 2. The molecule has 5 rings (SSSR count). The molecule has 2 fully saturated rings. The summed E-state index contributed by atoms with van der Waals surface area (Å²) in [6.45, 7) is 3.87. The standard InChI is InChI=1S/C22H22F2N6O2/c1-12-3-5-16(30-26-7-8-27-30)20(28-12)22(31)29-13(2)15-9-17(29)18(10-15)32-19-6-4-14(11-25-19)21(23)24/h3-8,11,13,15,17-18,21H,9-10H2,1-2H3. The van der Waals surface area contributed by atoms with Crippen LogP contribution < -0.4 is 4.74 Å². The maximum Gasteiger partial charge on any atom is 0.275 e. The second-order valence-corrected chi connectivity index (χ2v) is 8.28. The first-order valence-electron chi connectivity index (χ1n) is 10.5. The number of rotatable bonds is 5. The van der Waals surface area contributed by atoms with Crippen molar-refractivity contribution in [3.63, 3.8) is 0 Å². The zero-order valence-electron chi connectivity index (χ0n) is 17.6. The summed E-state index contributed by atoms with van der Waals surface area (Å²) in [5, 5.41) is 8.30. The van der Waals surface area contributed by atoms with Crippen molar-refractivity contribution in [2.75, 3.05) is 0 Å². The van der Waals surface area contributed by atoms with Crippen LogP contribution in [0.5, 0.6) is 5.88 Å². The van der Waals surface area contributed by atoms with Crippen LogP contribution in [0.4, 0.5) is 8.78 Å². The monoisotopic (exact) mass is 440 g/mol. The van der Waals surface area contributed by atoms with E-state index < -0.39 is 6.43 Å². The number of carbonyl (C=O) groups excluding carboxylic acids is 1. The van der Waals surface area contributed by atoms with E-state index in [1.165, 1.54) is 16.9 Å². The maximum atomic E-state index is 13.7. The van der Waals surface area contributed by atoms with E-state index in [4.69, 9.17) is 4.74 Å². The molecule has 0 radical (unpaired) electrons. The summed E-state index contributed by atoms with van der Waals surface area (Å²) in [5.41, 5.74) is 1.37. The Labute approximate surface area is 183 Å². The molecule has 0 aromatic carbocycles. The number of piperidine rings is 1. The fraction of sp³-hybridized carbons (Fsp3) is 0.409. The van der Waals surface area contributed by atoms with Gasteiger partial charge < -0.3 is 9.64 Å². The van der Waals surface area contributed by atoms with Gasteiger partial charge in [-0.2, -0.15) is 10.2 Å². The highest BCUT2D eigenvalue weighted by molar-refractivity contribution is 5.96. The van der Waals surface area contributed by atoms with Crippen molar-refractivity contribution in [1.29, 1.82) is 0 Å². The number of aromatic nitrogens is 5. The van der Waals surface area contributed by atoms with Gasteiger partial charge in [-0.15, -0.1) is 4.80 Å². The largest absolute Gasteiger partial charge is 0.472 e. The lowest BCUT2D eigenvalue weighted by atomic mass is 9.98. The second-order valence-electron chi connectivity index (χ2n) is 8.28. The van der Waals surface area contributed by atoms with Gasteiger partial charge in [0.25, 0.3) is 12.3 Å². The summed E-state index contributed by atoms with van der Waals surface area (Å²) in [6.07, 6.45) is 2.97. The molecule has 1 aliphatic carbocycles. The lowest BCUT2D eigenvalue weighted by Crippen LogP contribution is -2.51. The quantitative estimate of drug-likeness (QED) is 0.605. The molecule has 1 amide bonds. The van der Waals surface area contributed by atoms with E-state index in [1.807, 2.05) is 24.8 Å². The first-order chi connectivity index (χ1) is 15.4. The molecule has 0 spiro atoms. The van der Waals surface area contributed by atoms with Gasteiger partial charge in [0, 0.05) is 29.6 Å². The summed E-state index contributed by atoms with van der Waals surface area (Å²) in [6, 6.07) is 6.24. The van der Waals surface area contributed by atoms with Crippen LogP contribution in [0.15, 0.2) is 42.9 Å². The molecule has 0 N–H and O–H groups in total. The van der Waals surface area contributed by atoms with Crippen LogP contribution in [0.1, 0.15) is 47.9 Å². The fourth-order valence-corrected chi connectivity index (χ4v) is 4.77. The third-order valence-corrected chi connectivity index (χ3v) is 6.35. The zero-order chi connectivity index (χ0) is 22.4. The molecule has 1 saturated heterocycles. The first-order valence-corrected chi connectivity index (χ1v) is 10.5. The van der Waals surface area contributed by atoms with Crippen LogP contribution in [-0.2, 0) is 0 Å². The number of carbonyl (C=O) groups is 1. The lowest BCUT2D eigenvalue weighted by molar-refractivity contribution is 0.0308. The van der Waals surface area contributed by atoms with Crippen LogP contribution in [-0.4, -0.2) is 54.0 Å². The molecule has 4 atom stereocenters. The number of likely N-dealkylation sites (tertiary alicyclic amines) is 1. The van der Waals surface area contributed by atoms with Crippen molar-refractivity contribution >= 4 is 5.91 Å². The minimum atomic E-state index is -2.58.